The normalized spacial score (nSPS) is 33.4. The zero-order chi connectivity index (χ0) is 11.7. The summed E-state index contributed by atoms with van der Waals surface area (Å²) in [5.74, 6) is 1.28. The lowest BCUT2D eigenvalue weighted by molar-refractivity contribution is 0.109. The molecule has 2 aliphatic heterocycles. The second-order valence-corrected chi connectivity index (χ2v) is 4.74. The van der Waals surface area contributed by atoms with Crippen LogP contribution in [0.15, 0.2) is 4.52 Å². The van der Waals surface area contributed by atoms with Crippen molar-refractivity contribution >= 4 is 0 Å². The zero-order valence-corrected chi connectivity index (χ0v) is 9.63. The van der Waals surface area contributed by atoms with E-state index in [0.29, 0.717) is 24.7 Å². The molecule has 1 aromatic rings. The van der Waals surface area contributed by atoms with Gasteiger partial charge in [-0.3, -0.25) is 0 Å². The molecule has 2 unspecified atom stereocenters. The number of nitrogens with zero attached hydrogens (tertiary/aromatic N) is 2. The second-order valence-electron chi connectivity index (χ2n) is 4.74. The van der Waals surface area contributed by atoms with Crippen LogP contribution in [0.25, 0.3) is 0 Å². The van der Waals surface area contributed by atoms with Gasteiger partial charge < -0.3 is 19.7 Å². The number of ether oxygens (including phenoxy) is 1. The highest BCUT2D eigenvalue weighted by Crippen LogP contribution is 2.22. The number of nitrogens with one attached hydrogen (secondary N) is 1. The Hall–Kier alpha value is -0.980. The molecule has 0 amide bonds. The smallest absolute Gasteiger partial charge is 0.243 e. The van der Waals surface area contributed by atoms with Gasteiger partial charge in [0.05, 0.1) is 18.2 Å². The first-order chi connectivity index (χ1) is 8.31. The van der Waals surface area contributed by atoms with Crippen LogP contribution in [0.2, 0.25) is 0 Å². The lowest BCUT2D eigenvalue weighted by Gasteiger charge is -2.04. The van der Waals surface area contributed by atoms with Crippen molar-refractivity contribution in [3.05, 3.63) is 11.7 Å². The highest BCUT2D eigenvalue weighted by atomic mass is 16.5. The Morgan fingerprint density at radius 2 is 2.41 bits per heavy atom. The molecule has 2 fully saturated rings. The molecule has 0 spiro atoms. The average molecular weight is 239 g/mol. The van der Waals surface area contributed by atoms with E-state index in [0.717, 1.165) is 25.9 Å². The molecule has 0 aliphatic carbocycles. The molecule has 0 radical (unpaired) electrons. The van der Waals surface area contributed by atoms with Gasteiger partial charge in [-0.1, -0.05) is 5.16 Å². The summed E-state index contributed by atoms with van der Waals surface area (Å²) in [5.41, 5.74) is 0. The summed E-state index contributed by atoms with van der Waals surface area (Å²) in [7, 11) is 0. The van der Waals surface area contributed by atoms with Gasteiger partial charge in [0, 0.05) is 19.6 Å². The Balaban J connectivity index is 1.61. The van der Waals surface area contributed by atoms with Gasteiger partial charge in [-0.25, -0.2) is 0 Å². The van der Waals surface area contributed by atoms with Crippen molar-refractivity contribution in [2.45, 2.75) is 43.9 Å². The number of aliphatic hydroxyl groups is 1. The Bertz CT molecular complexity index is 376. The fraction of sp³-hybridized carbons (Fsp3) is 0.818. The van der Waals surface area contributed by atoms with Crippen molar-refractivity contribution in [3.63, 3.8) is 0 Å². The van der Waals surface area contributed by atoms with Gasteiger partial charge >= 0.3 is 0 Å². The zero-order valence-electron chi connectivity index (χ0n) is 9.63. The second kappa shape index (κ2) is 4.72. The fourth-order valence-electron chi connectivity index (χ4n) is 2.41. The average Bonchev–Trinajstić information content (AvgIpc) is 2.99. The molecule has 17 heavy (non-hydrogen) atoms. The quantitative estimate of drug-likeness (QED) is 0.783. The van der Waals surface area contributed by atoms with Gasteiger partial charge in [-0.2, -0.15) is 4.98 Å². The summed E-state index contributed by atoms with van der Waals surface area (Å²) in [5, 5.41) is 16.5. The van der Waals surface area contributed by atoms with Crippen LogP contribution in [0.5, 0.6) is 0 Å². The predicted octanol–water partition coefficient (Wildman–Crippen LogP) is 0.186. The van der Waals surface area contributed by atoms with E-state index < -0.39 is 0 Å². The summed E-state index contributed by atoms with van der Waals surface area (Å²) in [6.07, 6.45) is 3.48. The van der Waals surface area contributed by atoms with E-state index in [1.807, 2.05) is 0 Å². The van der Waals surface area contributed by atoms with Crippen LogP contribution in [-0.2, 0) is 11.2 Å². The molecule has 1 aromatic heterocycles. The molecular weight excluding hydrogens is 222 g/mol. The van der Waals surface area contributed by atoms with Crippen molar-refractivity contribution in [2.24, 2.45) is 0 Å². The van der Waals surface area contributed by atoms with Gasteiger partial charge in [-0.05, 0) is 19.3 Å². The Morgan fingerprint density at radius 1 is 1.47 bits per heavy atom. The van der Waals surface area contributed by atoms with E-state index in [1.165, 1.54) is 0 Å². The van der Waals surface area contributed by atoms with Crippen molar-refractivity contribution in [3.8, 4) is 0 Å². The van der Waals surface area contributed by atoms with Crippen LogP contribution >= 0.6 is 0 Å². The van der Waals surface area contributed by atoms with Gasteiger partial charge in [0.25, 0.3) is 0 Å². The molecule has 94 valence electrons. The topological polar surface area (TPSA) is 80.4 Å². The Morgan fingerprint density at radius 3 is 3.12 bits per heavy atom. The minimum absolute atomic E-state index is 0.00394. The van der Waals surface area contributed by atoms with E-state index in [9.17, 15) is 5.11 Å². The SMILES string of the molecule is OC1CN[C@H](c2nc(CC3CCCO3)no2)C1. The monoisotopic (exact) mass is 239 g/mol. The molecule has 2 N–H and O–H groups in total. The Kier molecular flexibility index (Phi) is 3.09. The van der Waals surface area contributed by atoms with Crippen molar-refractivity contribution in [1.82, 2.24) is 15.5 Å². The van der Waals surface area contributed by atoms with E-state index in [4.69, 9.17) is 9.26 Å². The first kappa shape index (κ1) is 11.1. The summed E-state index contributed by atoms with van der Waals surface area (Å²) < 4.78 is 10.7. The maximum absolute atomic E-state index is 9.43. The number of rotatable bonds is 3. The molecular formula is C11H17N3O3. The summed E-state index contributed by atoms with van der Waals surface area (Å²) in [4.78, 5) is 4.36. The van der Waals surface area contributed by atoms with Gasteiger partial charge in [0.1, 0.15) is 0 Å². The first-order valence-electron chi connectivity index (χ1n) is 6.17. The van der Waals surface area contributed by atoms with E-state index in [-0.39, 0.29) is 18.2 Å². The molecule has 0 aromatic carbocycles. The highest BCUT2D eigenvalue weighted by molar-refractivity contribution is 4.98. The molecule has 2 saturated heterocycles. The third-order valence-corrected chi connectivity index (χ3v) is 3.32. The molecule has 0 saturated carbocycles. The number of aromatic nitrogens is 2. The minimum Gasteiger partial charge on any atom is -0.392 e. The standard InChI is InChI=1S/C11H17N3O3/c15-7-4-9(12-6-7)11-13-10(14-17-11)5-8-2-1-3-16-8/h7-9,12,15H,1-6H2/t7?,8?,9-/m0/s1. The number of aliphatic hydroxyl groups excluding tert-OH is 1. The molecule has 3 heterocycles. The molecule has 6 nitrogen and oxygen atoms in total. The molecule has 3 atom stereocenters. The van der Waals surface area contributed by atoms with E-state index in [2.05, 4.69) is 15.5 Å². The highest BCUT2D eigenvalue weighted by Gasteiger charge is 2.28. The van der Waals surface area contributed by atoms with E-state index in [1.54, 1.807) is 0 Å². The third kappa shape index (κ3) is 2.48. The number of β-amino-alcohol motifs (C(OH)–C–C–N with tert-alkyl or cyclic N) is 1. The molecule has 3 rings (SSSR count). The largest absolute Gasteiger partial charge is 0.392 e. The van der Waals surface area contributed by atoms with Crippen LogP contribution in [-0.4, -0.2) is 40.6 Å². The fourth-order valence-corrected chi connectivity index (χ4v) is 2.41. The maximum atomic E-state index is 9.43. The van der Waals surface area contributed by atoms with Crippen LogP contribution in [0, 0.1) is 0 Å². The van der Waals surface area contributed by atoms with Gasteiger partial charge in [0.2, 0.25) is 5.89 Å². The van der Waals surface area contributed by atoms with Gasteiger partial charge in [-0.15, -0.1) is 0 Å². The van der Waals surface area contributed by atoms with Crippen molar-refractivity contribution in [2.75, 3.05) is 13.2 Å². The van der Waals surface area contributed by atoms with Crippen molar-refractivity contribution in [1.29, 1.82) is 0 Å². The lowest BCUT2D eigenvalue weighted by atomic mass is 10.2. The van der Waals surface area contributed by atoms with Crippen LogP contribution < -0.4 is 5.32 Å². The van der Waals surface area contributed by atoms with Crippen LogP contribution in [0.4, 0.5) is 0 Å². The maximum Gasteiger partial charge on any atom is 0.243 e. The molecule has 6 heteroatoms. The van der Waals surface area contributed by atoms with Gasteiger partial charge in [0.15, 0.2) is 5.82 Å². The molecule has 2 aliphatic rings. The predicted molar refractivity (Wildman–Crippen MR) is 58.3 cm³/mol. The Labute approximate surface area is 99.3 Å². The van der Waals surface area contributed by atoms with Crippen LogP contribution in [0.1, 0.15) is 37.0 Å². The molecule has 0 bridgehead atoms. The first-order valence-corrected chi connectivity index (χ1v) is 6.17. The lowest BCUT2D eigenvalue weighted by Crippen LogP contribution is -2.15. The van der Waals surface area contributed by atoms with E-state index >= 15 is 0 Å². The number of hydrogen-bond acceptors (Lipinski definition) is 6. The van der Waals surface area contributed by atoms with Crippen molar-refractivity contribution < 1.29 is 14.4 Å². The minimum atomic E-state index is -0.312. The van der Waals surface area contributed by atoms with Crippen LogP contribution in [0.3, 0.4) is 0 Å². The number of hydrogen-bond donors (Lipinski definition) is 2. The summed E-state index contributed by atoms with van der Waals surface area (Å²) in [6.45, 7) is 1.43. The third-order valence-electron chi connectivity index (χ3n) is 3.32. The summed E-state index contributed by atoms with van der Waals surface area (Å²) >= 11 is 0. The summed E-state index contributed by atoms with van der Waals surface area (Å²) in [6, 6.07) is -0.00394.